The summed E-state index contributed by atoms with van der Waals surface area (Å²) < 4.78 is 4.56. The molecule has 2 N–H and O–H groups in total. The second-order valence-electron chi connectivity index (χ2n) is 5.05. The first kappa shape index (κ1) is 17.2. The molecule has 0 heterocycles. The van der Waals surface area contributed by atoms with Gasteiger partial charge in [0.05, 0.1) is 7.11 Å². The molecule has 1 rings (SSSR count). The Morgan fingerprint density at radius 3 is 2.52 bits per heavy atom. The maximum Gasteiger partial charge on any atom is 0.305 e. The van der Waals surface area contributed by atoms with Crippen LogP contribution in [0.25, 0.3) is 0 Å². The van der Waals surface area contributed by atoms with E-state index in [0.717, 1.165) is 5.56 Å². The van der Waals surface area contributed by atoms with Crippen molar-refractivity contribution >= 4 is 11.9 Å². The summed E-state index contributed by atoms with van der Waals surface area (Å²) in [5.41, 5.74) is 7.11. The number of carbonyl (C=O) groups excluding carboxylic acids is 2. The predicted octanol–water partition coefficient (Wildman–Crippen LogP) is 1.88. The molecular weight excluding hydrogens is 268 g/mol. The van der Waals surface area contributed by atoms with Crippen LogP contribution in [0.5, 0.6) is 0 Å². The monoisotopic (exact) mass is 292 g/mol. The molecule has 0 spiro atoms. The lowest BCUT2D eigenvalue weighted by atomic mass is 10.0. The van der Waals surface area contributed by atoms with Crippen LogP contribution in [0.2, 0.25) is 0 Å². The van der Waals surface area contributed by atoms with Crippen molar-refractivity contribution in [3.8, 4) is 0 Å². The standard InChI is InChI=1S/C16H24N2O3/c1-18(12-6-9-16(20)21-2)15(19)11-10-14(17)13-7-4-3-5-8-13/h3-5,7-8,14H,6,9-12,17H2,1-2H3. The Morgan fingerprint density at radius 2 is 1.90 bits per heavy atom. The fraction of sp³-hybridized carbons (Fsp3) is 0.500. The molecule has 0 aromatic heterocycles. The summed E-state index contributed by atoms with van der Waals surface area (Å²) in [5.74, 6) is -0.201. The minimum atomic E-state index is -0.248. The van der Waals surface area contributed by atoms with Gasteiger partial charge in [-0.05, 0) is 18.4 Å². The number of ether oxygens (including phenoxy) is 1. The molecule has 0 aliphatic heterocycles. The van der Waals surface area contributed by atoms with Crippen molar-refractivity contribution in [3.63, 3.8) is 0 Å². The van der Waals surface area contributed by atoms with Crippen molar-refractivity contribution in [1.82, 2.24) is 4.90 Å². The zero-order valence-corrected chi connectivity index (χ0v) is 12.7. The van der Waals surface area contributed by atoms with Gasteiger partial charge in [0.15, 0.2) is 0 Å². The fourth-order valence-corrected chi connectivity index (χ4v) is 2.02. The molecular formula is C16H24N2O3. The Labute approximate surface area is 126 Å². The maximum absolute atomic E-state index is 12.0. The summed E-state index contributed by atoms with van der Waals surface area (Å²) in [6.45, 7) is 0.550. The molecule has 5 heteroatoms. The Kier molecular flexibility index (Phi) is 7.46. The highest BCUT2D eigenvalue weighted by Crippen LogP contribution is 2.15. The molecule has 0 bridgehead atoms. The molecule has 0 radical (unpaired) electrons. The Morgan fingerprint density at radius 1 is 1.24 bits per heavy atom. The van der Waals surface area contributed by atoms with Gasteiger partial charge in [0.25, 0.3) is 0 Å². The number of carbonyl (C=O) groups is 2. The highest BCUT2D eigenvalue weighted by atomic mass is 16.5. The summed E-state index contributed by atoms with van der Waals surface area (Å²) >= 11 is 0. The van der Waals surface area contributed by atoms with Gasteiger partial charge in [-0.2, -0.15) is 0 Å². The molecule has 5 nitrogen and oxygen atoms in total. The minimum Gasteiger partial charge on any atom is -0.469 e. The van der Waals surface area contributed by atoms with E-state index in [9.17, 15) is 9.59 Å². The van der Waals surface area contributed by atoms with E-state index in [2.05, 4.69) is 4.74 Å². The smallest absolute Gasteiger partial charge is 0.305 e. The molecule has 1 unspecified atom stereocenters. The number of nitrogens with zero attached hydrogens (tertiary/aromatic N) is 1. The van der Waals surface area contributed by atoms with Crippen molar-refractivity contribution in [1.29, 1.82) is 0 Å². The number of hydrogen-bond donors (Lipinski definition) is 1. The topological polar surface area (TPSA) is 72.6 Å². The molecule has 0 fully saturated rings. The molecule has 21 heavy (non-hydrogen) atoms. The first-order chi connectivity index (χ1) is 10.0. The average molecular weight is 292 g/mol. The normalized spacial score (nSPS) is 11.8. The third-order valence-corrected chi connectivity index (χ3v) is 3.42. The third kappa shape index (κ3) is 6.40. The molecule has 0 aliphatic carbocycles. The Bertz CT molecular complexity index is 448. The molecule has 1 aromatic carbocycles. The van der Waals surface area contributed by atoms with Crippen LogP contribution in [0.4, 0.5) is 0 Å². The van der Waals surface area contributed by atoms with Crippen molar-refractivity contribution < 1.29 is 14.3 Å². The van der Waals surface area contributed by atoms with E-state index in [-0.39, 0.29) is 17.9 Å². The molecule has 0 saturated carbocycles. The lowest BCUT2D eigenvalue weighted by Gasteiger charge is -2.18. The predicted molar refractivity (Wildman–Crippen MR) is 81.5 cm³/mol. The quantitative estimate of drug-likeness (QED) is 0.742. The van der Waals surface area contributed by atoms with Gasteiger partial charge in [-0.1, -0.05) is 30.3 Å². The van der Waals surface area contributed by atoms with Crippen LogP contribution in [0, 0.1) is 0 Å². The SMILES string of the molecule is COC(=O)CCCN(C)C(=O)CCC(N)c1ccccc1. The average Bonchev–Trinajstić information content (AvgIpc) is 2.52. The lowest BCUT2D eigenvalue weighted by Crippen LogP contribution is -2.28. The molecule has 1 amide bonds. The van der Waals surface area contributed by atoms with Gasteiger partial charge >= 0.3 is 5.97 Å². The molecule has 116 valence electrons. The van der Waals surface area contributed by atoms with Crippen molar-refractivity contribution in [2.75, 3.05) is 20.7 Å². The molecule has 0 saturated heterocycles. The maximum atomic E-state index is 12.0. The van der Waals surface area contributed by atoms with E-state index >= 15 is 0 Å². The summed E-state index contributed by atoms with van der Waals surface area (Å²) in [6, 6.07) is 9.63. The highest BCUT2D eigenvalue weighted by molar-refractivity contribution is 5.76. The Balaban J connectivity index is 2.28. The van der Waals surface area contributed by atoms with Gasteiger partial charge in [-0.15, -0.1) is 0 Å². The van der Waals surface area contributed by atoms with Gasteiger partial charge in [-0.3, -0.25) is 9.59 Å². The summed E-state index contributed by atoms with van der Waals surface area (Å²) in [6.07, 6.45) is 1.96. The van der Waals surface area contributed by atoms with E-state index in [4.69, 9.17) is 5.73 Å². The number of esters is 1. The molecule has 1 aromatic rings. The van der Waals surface area contributed by atoms with Crippen LogP contribution >= 0.6 is 0 Å². The second-order valence-corrected chi connectivity index (χ2v) is 5.05. The summed E-state index contributed by atoms with van der Waals surface area (Å²) in [7, 11) is 3.11. The number of benzene rings is 1. The van der Waals surface area contributed by atoms with Gasteiger partial charge < -0.3 is 15.4 Å². The van der Waals surface area contributed by atoms with Gasteiger partial charge in [0, 0.05) is 32.5 Å². The van der Waals surface area contributed by atoms with Crippen molar-refractivity contribution in [2.24, 2.45) is 5.73 Å². The van der Waals surface area contributed by atoms with E-state index in [1.165, 1.54) is 7.11 Å². The fourth-order valence-electron chi connectivity index (χ4n) is 2.02. The van der Waals surface area contributed by atoms with Crippen LogP contribution in [0.3, 0.4) is 0 Å². The summed E-state index contributed by atoms with van der Waals surface area (Å²) in [5, 5.41) is 0. The molecule has 1 atom stereocenters. The van der Waals surface area contributed by atoms with E-state index < -0.39 is 0 Å². The number of amides is 1. The third-order valence-electron chi connectivity index (χ3n) is 3.42. The minimum absolute atomic E-state index is 0.0475. The van der Waals surface area contributed by atoms with Gasteiger partial charge in [-0.25, -0.2) is 0 Å². The van der Waals surface area contributed by atoms with E-state index in [1.54, 1.807) is 11.9 Å². The van der Waals surface area contributed by atoms with Crippen LogP contribution in [-0.2, 0) is 14.3 Å². The first-order valence-electron chi connectivity index (χ1n) is 7.16. The van der Waals surface area contributed by atoms with Crippen molar-refractivity contribution in [2.45, 2.75) is 31.7 Å². The van der Waals surface area contributed by atoms with Crippen LogP contribution < -0.4 is 5.73 Å². The van der Waals surface area contributed by atoms with Crippen LogP contribution in [-0.4, -0.2) is 37.5 Å². The number of nitrogens with two attached hydrogens (primary N) is 1. The Hall–Kier alpha value is -1.88. The number of hydrogen-bond acceptors (Lipinski definition) is 4. The molecule has 0 aliphatic rings. The van der Waals surface area contributed by atoms with E-state index in [0.29, 0.717) is 32.2 Å². The second kappa shape index (κ2) is 9.13. The van der Waals surface area contributed by atoms with E-state index in [1.807, 2.05) is 30.3 Å². The number of rotatable bonds is 8. The summed E-state index contributed by atoms with van der Waals surface area (Å²) in [4.78, 5) is 24.6. The number of methoxy groups -OCH3 is 1. The zero-order chi connectivity index (χ0) is 15.7. The van der Waals surface area contributed by atoms with Gasteiger partial charge in [0.1, 0.15) is 0 Å². The zero-order valence-electron chi connectivity index (χ0n) is 12.7. The van der Waals surface area contributed by atoms with Crippen molar-refractivity contribution in [3.05, 3.63) is 35.9 Å². The largest absolute Gasteiger partial charge is 0.469 e. The lowest BCUT2D eigenvalue weighted by molar-refractivity contribution is -0.141. The first-order valence-corrected chi connectivity index (χ1v) is 7.16. The van der Waals surface area contributed by atoms with Crippen LogP contribution in [0.15, 0.2) is 30.3 Å². The highest BCUT2D eigenvalue weighted by Gasteiger charge is 2.12. The van der Waals surface area contributed by atoms with Crippen LogP contribution in [0.1, 0.15) is 37.3 Å². The van der Waals surface area contributed by atoms with Gasteiger partial charge in [0.2, 0.25) is 5.91 Å².